The molecule has 1 heteroatoms. The van der Waals surface area contributed by atoms with Gasteiger partial charge in [0, 0.05) is 10.8 Å². The normalized spacial score (nSPS) is 11.7. The Kier molecular flexibility index (Phi) is 6.25. The van der Waals surface area contributed by atoms with Crippen LogP contribution in [-0.2, 0) is 0 Å². The summed E-state index contributed by atoms with van der Waals surface area (Å²) in [6.07, 6.45) is 0. The third-order valence-corrected chi connectivity index (χ3v) is 10.1. The zero-order valence-electron chi connectivity index (χ0n) is 26.7. The first-order valence-corrected chi connectivity index (χ1v) is 16.8. The van der Waals surface area contributed by atoms with Gasteiger partial charge in [-0.1, -0.05) is 158 Å². The zero-order valence-corrected chi connectivity index (χ0v) is 26.7. The molecule has 0 fully saturated rings. The largest absolute Gasteiger partial charge is 0.456 e. The summed E-state index contributed by atoms with van der Waals surface area (Å²) < 4.78 is 6.33. The van der Waals surface area contributed by atoms with Gasteiger partial charge in [-0.15, -0.1) is 0 Å². The van der Waals surface area contributed by atoms with Crippen molar-refractivity contribution in [2.24, 2.45) is 0 Å². The lowest BCUT2D eigenvalue weighted by molar-refractivity contribution is 0.669. The maximum atomic E-state index is 6.33. The van der Waals surface area contributed by atoms with E-state index in [1.807, 2.05) is 12.1 Å². The van der Waals surface area contributed by atoms with E-state index in [4.69, 9.17) is 4.42 Å². The lowest BCUT2D eigenvalue weighted by Crippen LogP contribution is -1.91. The van der Waals surface area contributed by atoms with Crippen molar-refractivity contribution in [2.75, 3.05) is 0 Å². The fourth-order valence-electron chi connectivity index (χ4n) is 7.79. The van der Waals surface area contributed by atoms with E-state index in [0.717, 1.165) is 27.5 Å². The lowest BCUT2D eigenvalue weighted by atomic mass is 9.85. The molecule has 0 radical (unpaired) electrons. The average Bonchev–Trinajstić information content (AvgIpc) is 3.55. The Bertz CT molecular complexity index is 2810. The summed E-state index contributed by atoms with van der Waals surface area (Å²) in [4.78, 5) is 0. The van der Waals surface area contributed by atoms with Crippen LogP contribution in [0.4, 0.5) is 0 Å². The smallest absolute Gasteiger partial charge is 0.136 e. The van der Waals surface area contributed by atoms with Gasteiger partial charge < -0.3 is 4.42 Å². The maximum Gasteiger partial charge on any atom is 0.136 e. The molecule has 10 rings (SSSR count). The van der Waals surface area contributed by atoms with E-state index in [0.29, 0.717) is 0 Å². The van der Waals surface area contributed by atoms with Crippen LogP contribution >= 0.6 is 0 Å². The summed E-state index contributed by atoms with van der Waals surface area (Å²) in [5, 5.41) is 9.76. The fraction of sp³-hybridized carbons (Fsp3) is 0. The van der Waals surface area contributed by atoms with Crippen molar-refractivity contribution in [1.29, 1.82) is 0 Å². The van der Waals surface area contributed by atoms with E-state index in [9.17, 15) is 0 Å². The van der Waals surface area contributed by atoms with Gasteiger partial charge >= 0.3 is 0 Å². The van der Waals surface area contributed by atoms with Crippen LogP contribution in [0.5, 0.6) is 0 Å². The van der Waals surface area contributed by atoms with Crippen LogP contribution in [0.3, 0.4) is 0 Å². The number of hydrogen-bond donors (Lipinski definition) is 0. The number of hydrogen-bond acceptors (Lipinski definition) is 1. The summed E-state index contributed by atoms with van der Waals surface area (Å²) in [5.74, 6) is 0. The second-order valence-corrected chi connectivity index (χ2v) is 12.8. The molecule has 0 aliphatic carbocycles. The molecule has 0 aliphatic heterocycles. The zero-order chi connectivity index (χ0) is 32.3. The van der Waals surface area contributed by atoms with Crippen LogP contribution in [0.2, 0.25) is 0 Å². The van der Waals surface area contributed by atoms with Gasteiger partial charge in [-0.05, 0) is 101 Å². The highest BCUT2D eigenvalue weighted by molar-refractivity contribution is 6.22. The first kappa shape index (κ1) is 27.7. The van der Waals surface area contributed by atoms with Crippen molar-refractivity contribution < 1.29 is 4.42 Å². The van der Waals surface area contributed by atoms with Gasteiger partial charge in [0.2, 0.25) is 0 Å². The van der Waals surface area contributed by atoms with Gasteiger partial charge in [0.25, 0.3) is 0 Å². The molecule has 228 valence electrons. The lowest BCUT2D eigenvalue weighted by Gasteiger charge is -2.18. The van der Waals surface area contributed by atoms with Crippen molar-refractivity contribution in [1.82, 2.24) is 0 Å². The molecule has 0 saturated heterocycles. The van der Waals surface area contributed by atoms with Crippen LogP contribution in [0.1, 0.15) is 0 Å². The van der Waals surface area contributed by atoms with E-state index in [1.54, 1.807) is 0 Å². The molecular formula is C48H30O. The standard InChI is InChI=1S/C48H30O/c1-2-12-34-29-35(26-21-31(34)11-1)38-14-4-3-13-37(38)32-22-24-33(25-23-32)47-41-16-5-7-18-43(41)48(44-19-8-6-17-42(44)47)36-27-28-40-39-15-9-10-20-45(39)49-46(40)30-36/h1-30H. The topological polar surface area (TPSA) is 13.1 Å². The molecule has 0 aliphatic rings. The van der Waals surface area contributed by atoms with E-state index in [-0.39, 0.29) is 0 Å². The van der Waals surface area contributed by atoms with Gasteiger partial charge in [0.1, 0.15) is 11.2 Å². The first-order chi connectivity index (χ1) is 24.3. The van der Waals surface area contributed by atoms with Crippen molar-refractivity contribution >= 4 is 54.3 Å². The third-order valence-electron chi connectivity index (χ3n) is 10.1. The van der Waals surface area contributed by atoms with E-state index in [1.165, 1.54) is 71.3 Å². The molecule has 0 bridgehead atoms. The quantitative estimate of drug-likeness (QED) is 0.178. The van der Waals surface area contributed by atoms with Crippen molar-refractivity contribution in [3.63, 3.8) is 0 Å². The maximum absolute atomic E-state index is 6.33. The number of furan rings is 1. The molecule has 0 unspecified atom stereocenters. The molecule has 0 atom stereocenters. The molecule has 9 aromatic carbocycles. The van der Waals surface area contributed by atoms with Crippen LogP contribution in [-0.4, -0.2) is 0 Å². The van der Waals surface area contributed by atoms with Crippen molar-refractivity contribution in [3.05, 3.63) is 182 Å². The Morgan fingerprint density at radius 1 is 0.265 bits per heavy atom. The summed E-state index contributed by atoms with van der Waals surface area (Å²) >= 11 is 0. The number of benzene rings is 9. The van der Waals surface area contributed by atoms with Gasteiger partial charge in [-0.2, -0.15) is 0 Å². The monoisotopic (exact) mass is 622 g/mol. The van der Waals surface area contributed by atoms with E-state index < -0.39 is 0 Å². The Morgan fingerprint density at radius 3 is 1.43 bits per heavy atom. The molecule has 1 nitrogen and oxygen atoms in total. The highest BCUT2D eigenvalue weighted by atomic mass is 16.3. The minimum atomic E-state index is 0.912. The molecule has 0 spiro atoms. The van der Waals surface area contributed by atoms with Gasteiger partial charge in [0.15, 0.2) is 0 Å². The summed E-state index contributed by atoms with van der Waals surface area (Å²) in [6.45, 7) is 0. The Balaban J connectivity index is 1.13. The number of rotatable bonds is 4. The fourth-order valence-corrected chi connectivity index (χ4v) is 7.79. The second-order valence-electron chi connectivity index (χ2n) is 12.8. The predicted molar refractivity (Wildman–Crippen MR) is 208 cm³/mol. The molecular weight excluding hydrogens is 593 g/mol. The second kappa shape index (κ2) is 11.1. The van der Waals surface area contributed by atoms with Crippen molar-refractivity contribution in [3.8, 4) is 44.5 Å². The van der Waals surface area contributed by atoms with E-state index in [2.05, 4.69) is 170 Å². The highest BCUT2D eigenvalue weighted by Gasteiger charge is 2.18. The van der Waals surface area contributed by atoms with Gasteiger partial charge in [-0.3, -0.25) is 0 Å². The molecule has 10 aromatic rings. The Labute approximate surface area is 284 Å². The highest BCUT2D eigenvalue weighted by Crippen LogP contribution is 2.45. The minimum Gasteiger partial charge on any atom is -0.456 e. The molecule has 1 heterocycles. The Morgan fingerprint density at radius 2 is 0.735 bits per heavy atom. The molecule has 0 N–H and O–H groups in total. The van der Waals surface area contributed by atoms with Gasteiger partial charge in [0.05, 0.1) is 0 Å². The van der Waals surface area contributed by atoms with Gasteiger partial charge in [-0.25, -0.2) is 0 Å². The van der Waals surface area contributed by atoms with Crippen LogP contribution < -0.4 is 0 Å². The number of para-hydroxylation sites is 1. The van der Waals surface area contributed by atoms with Crippen LogP contribution in [0.15, 0.2) is 186 Å². The summed E-state index contributed by atoms with van der Waals surface area (Å²) in [7, 11) is 0. The third kappa shape index (κ3) is 4.47. The summed E-state index contributed by atoms with van der Waals surface area (Å²) in [6, 6.07) is 65.8. The molecule has 1 aromatic heterocycles. The minimum absolute atomic E-state index is 0.912. The average molecular weight is 623 g/mol. The SMILES string of the molecule is c1ccc(-c2ccc3ccccc3c2)c(-c2ccc(-c3c4ccccc4c(-c4ccc5c(c4)oc4ccccc45)c4ccccc34)cc2)c1. The van der Waals surface area contributed by atoms with Crippen molar-refractivity contribution in [2.45, 2.75) is 0 Å². The summed E-state index contributed by atoms with van der Waals surface area (Å²) in [5.41, 5.74) is 11.6. The van der Waals surface area contributed by atoms with E-state index >= 15 is 0 Å². The number of fused-ring (bicyclic) bond motifs is 6. The predicted octanol–water partition coefficient (Wildman–Crippen LogP) is 13.7. The first-order valence-electron chi connectivity index (χ1n) is 16.8. The van der Waals surface area contributed by atoms with Crippen LogP contribution in [0, 0.1) is 0 Å². The molecule has 0 saturated carbocycles. The van der Waals surface area contributed by atoms with Crippen LogP contribution in [0.25, 0.3) is 98.8 Å². The Hall–Kier alpha value is -6.44. The molecule has 49 heavy (non-hydrogen) atoms. The molecule has 0 amide bonds.